The molecule has 164 valence electrons. The third kappa shape index (κ3) is 4.39. The van der Waals surface area contributed by atoms with Crippen LogP contribution in [0.1, 0.15) is 26.3 Å². The summed E-state index contributed by atoms with van der Waals surface area (Å²) in [5.41, 5.74) is 1.44. The maximum atomic E-state index is 13.0. The largest absolute Gasteiger partial charge is 0.282 e. The van der Waals surface area contributed by atoms with Crippen molar-refractivity contribution in [2.45, 2.75) is 37.8 Å². The number of sulfonamides is 1. The Bertz CT molecular complexity index is 1240. The van der Waals surface area contributed by atoms with Crippen molar-refractivity contribution in [1.82, 2.24) is 24.2 Å². The molecule has 0 unspecified atom stereocenters. The zero-order valence-electron chi connectivity index (χ0n) is 18.0. The van der Waals surface area contributed by atoms with Crippen LogP contribution in [0.25, 0.3) is 10.9 Å². The van der Waals surface area contributed by atoms with E-state index in [1.165, 1.54) is 8.99 Å². The van der Waals surface area contributed by atoms with Gasteiger partial charge in [-0.2, -0.15) is 8.99 Å². The van der Waals surface area contributed by atoms with Crippen LogP contribution in [-0.2, 0) is 22.1 Å². The Morgan fingerprint density at radius 1 is 0.935 bits per heavy atom. The lowest BCUT2D eigenvalue weighted by Gasteiger charge is -2.33. The van der Waals surface area contributed by atoms with Crippen molar-refractivity contribution >= 4 is 20.9 Å². The molecule has 2 aromatic carbocycles. The number of nitrogens with zero attached hydrogens (tertiary/aromatic N) is 5. The molecule has 1 saturated heterocycles. The molecular weight excluding hydrogens is 414 g/mol. The predicted molar refractivity (Wildman–Crippen MR) is 119 cm³/mol. The molecule has 31 heavy (non-hydrogen) atoms. The summed E-state index contributed by atoms with van der Waals surface area (Å²) in [5.74, 6) is 0. The van der Waals surface area contributed by atoms with Gasteiger partial charge in [0.1, 0.15) is 5.52 Å². The van der Waals surface area contributed by atoms with Gasteiger partial charge in [0.2, 0.25) is 10.0 Å². The number of fused-ring (bicyclic) bond motifs is 1. The van der Waals surface area contributed by atoms with Crippen LogP contribution in [0.2, 0.25) is 0 Å². The minimum atomic E-state index is -3.55. The maximum Gasteiger partial charge on any atom is 0.278 e. The molecule has 0 amide bonds. The first-order valence-electron chi connectivity index (χ1n) is 10.3. The molecular formula is C22H27N5O3S. The standard InChI is InChI=1S/C22H27N5O3S/c1-22(2,3)17-8-10-18(11-9-17)31(29,30)26-14-12-25(13-15-26)16-27-21(28)19-6-4-5-7-20(19)23-24-27/h4-11H,12-16H2,1-3H3. The summed E-state index contributed by atoms with van der Waals surface area (Å²) in [6.07, 6.45) is 0. The molecule has 0 spiro atoms. The molecule has 1 aliphatic rings. The van der Waals surface area contributed by atoms with E-state index in [1.807, 2.05) is 23.1 Å². The van der Waals surface area contributed by atoms with Crippen molar-refractivity contribution in [3.63, 3.8) is 0 Å². The monoisotopic (exact) mass is 441 g/mol. The highest BCUT2D eigenvalue weighted by molar-refractivity contribution is 7.89. The van der Waals surface area contributed by atoms with Crippen LogP contribution in [0.15, 0.2) is 58.2 Å². The van der Waals surface area contributed by atoms with Crippen LogP contribution in [-0.4, -0.2) is 58.8 Å². The molecule has 0 saturated carbocycles. The average molecular weight is 442 g/mol. The number of piperazine rings is 1. The summed E-state index contributed by atoms with van der Waals surface area (Å²) < 4.78 is 28.9. The fraction of sp³-hybridized carbons (Fsp3) is 0.409. The van der Waals surface area contributed by atoms with Crippen molar-refractivity contribution in [2.24, 2.45) is 0 Å². The van der Waals surface area contributed by atoms with Crippen LogP contribution in [0.3, 0.4) is 0 Å². The smallest absolute Gasteiger partial charge is 0.278 e. The van der Waals surface area contributed by atoms with E-state index in [2.05, 4.69) is 31.1 Å². The van der Waals surface area contributed by atoms with Crippen molar-refractivity contribution in [3.8, 4) is 0 Å². The summed E-state index contributed by atoms with van der Waals surface area (Å²) >= 11 is 0. The molecule has 1 aliphatic heterocycles. The molecule has 8 nitrogen and oxygen atoms in total. The molecule has 1 aromatic heterocycles. The summed E-state index contributed by atoms with van der Waals surface area (Å²) in [7, 11) is -3.55. The Morgan fingerprint density at radius 2 is 1.58 bits per heavy atom. The van der Waals surface area contributed by atoms with Crippen LogP contribution in [0, 0.1) is 0 Å². The Balaban J connectivity index is 1.44. The fourth-order valence-electron chi connectivity index (χ4n) is 3.69. The van der Waals surface area contributed by atoms with Gasteiger partial charge < -0.3 is 0 Å². The number of rotatable bonds is 4. The van der Waals surface area contributed by atoms with Gasteiger partial charge in [-0.3, -0.25) is 9.69 Å². The molecule has 3 aromatic rings. The first kappa shape index (κ1) is 21.6. The van der Waals surface area contributed by atoms with E-state index in [0.717, 1.165) is 5.56 Å². The number of aromatic nitrogens is 3. The normalized spacial score (nSPS) is 16.6. The second-order valence-electron chi connectivity index (χ2n) is 8.85. The van der Waals surface area contributed by atoms with E-state index in [-0.39, 0.29) is 17.6 Å². The van der Waals surface area contributed by atoms with Crippen molar-refractivity contribution in [2.75, 3.05) is 26.2 Å². The van der Waals surface area contributed by atoms with Crippen molar-refractivity contribution in [1.29, 1.82) is 0 Å². The lowest BCUT2D eigenvalue weighted by Crippen LogP contribution is -2.49. The summed E-state index contributed by atoms with van der Waals surface area (Å²) in [6, 6.07) is 14.2. The van der Waals surface area contributed by atoms with E-state index in [0.29, 0.717) is 42.0 Å². The first-order chi connectivity index (χ1) is 14.7. The highest BCUT2D eigenvalue weighted by atomic mass is 32.2. The number of hydrogen-bond acceptors (Lipinski definition) is 6. The zero-order valence-corrected chi connectivity index (χ0v) is 18.8. The van der Waals surface area contributed by atoms with E-state index >= 15 is 0 Å². The van der Waals surface area contributed by atoms with Gasteiger partial charge in [-0.1, -0.05) is 50.3 Å². The van der Waals surface area contributed by atoms with E-state index in [1.54, 1.807) is 30.3 Å². The van der Waals surface area contributed by atoms with Crippen LogP contribution in [0.5, 0.6) is 0 Å². The molecule has 0 N–H and O–H groups in total. The van der Waals surface area contributed by atoms with E-state index in [9.17, 15) is 13.2 Å². The van der Waals surface area contributed by atoms with Gasteiger partial charge in [0.25, 0.3) is 5.56 Å². The van der Waals surface area contributed by atoms with Gasteiger partial charge in [0.15, 0.2) is 0 Å². The molecule has 9 heteroatoms. The van der Waals surface area contributed by atoms with Crippen LogP contribution in [0.4, 0.5) is 0 Å². The Morgan fingerprint density at radius 3 is 2.23 bits per heavy atom. The van der Waals surface area contributed by atoms with Gasteiger partial charge >= 0.3 is 0 Å². The third-order valence-electron chi connectivity index (χ3n) is 5.65. The quantitative estimate of drug-likeness (QED) is 0.616. The molecule has 0 aliphatic carbocycles. The van der Waals surface area contributed by atoms with Gasteiger partial charge in [0.05, 0.1) is 17.0 Å². The average Bonchev–Trinajstić information content (AvgIpc) is 2.76. The van der Waals surface area contributed by atoms with Crippen molar-refractivity contribution in [3.05, 3.63) is 64.4 Å². The summed E-state index contributed by atoms with van der Waals surface area (Å²) in [5, 5.41) is 8.66. The van der Waals surface area contributed by atoms with Gasteiger partial charge in [-0.05, 0) is 35.2 Å². The van der Waals surface area contributed by atoms with Crippen LogP contribution < -0.4 is 5.56 Å². The highest BCUT2D eigenvalue weighted by Gasteiger charge is 2.29. The fourth-order valence-corrected chi connectivity index (χ4v) is 5.11. The van der Waals surface area contributed by atoms with Crippen molar-refractivity contribution < 1.29 is 8.42 Å². The maximum absolute atomic E-state index is 13.0. The summed E-state index contributed by atoms with van der Waals surface area (Å²) in [4.78, 5) is 15.0. The van der Waals surface area contributed by atoms with E-state index < -0.39 is 10.0 Å². The second kappa shape index (κ2) is 8.14. The minimum Gasteiger partial charge on any atom is -0.282 e. The topological polar surface area (TPSA) is 88.4 Å². The molecule has 2 heterocycles. The zero-order chi connectivity index (χ0) is 22.2. The number of hydrogen-bond donors (Lipinski definition) is 0. The Labute approximate surface area is 182 Å². The van der Waals surface area contributed by atoms with E-state index in [4.69, 9.17) is 0 Å². The third-order valence-corrected chi connectivity index (χ3v) is 7.57. The second-order valence-corrected chi connectivity index (χ2v) is 10.8. The molecule has 0 radical (unpaired) electrons. The molecule has 0 bridgehead atoms. The van der Waals surface area contributed by atoms with Gasteiger partial charge in [-0.15, -0.1) is 5.10 Å². The predicted octanol–water partition coefficient (Wildman–Crippen LogP) is 2.05. The number of benzene rings is 2. The molecule has 0 atom stereocenters. The van der Waals surface area contributed by atoms with Gasteiger partial charge in [-0.25, -0.2) is 8.42 Å². The highest BCUT2D eigenvalue weighted by Crippen LogP contribution is 2.25. The minimum absolute atomic E-state index is 0.0301. The molecule has 1 fully saturated rings. The summed E-state index contributed by atoms with van der Waals surface area (Å²) in [6.45, 7) is 8.33. The first-order valence-corrected chi connectivity index (χ1v) is 11.8. The lowest BCUT2D eigenvalue weighted by atomic mass is 9.87. The Kier molecular flexibility index (Phi) is 5.67. The molecule has 4 rings (SSSR count). The van der Waals surface area contributed by atoms with Crippen LogP contribution >= 0.6 is 0 Å². The Hall–Kier alpha value is -2.62. The van der Waals surface area contributed by atoms with Gasteiger partial charge in [0, 0.05) is 26.2 Å². The SMILES string of the molecule is CC(C)(C)c1ccc(S(=O)(=O)N2CCN(Cn3nnc4ccccc4c3=O)CC2)cc1. The lowest BCUT2D eigenvalue weighted by molar-refractivity contribution is 0.141.